The van der Waals surface area contributed by atoms with Gasteiger partial charge in [0.15, 0.2) is 0 Å². The van der Waals surface area contributed by atoms with Crippen LogP contribution in [0, 0.1) is 6.92 Å². The van der Waals surface area contributed by atoms with Gasteiger partial charge in [-0.05, 0) is 30.0 Å². The Labute approximate surface area is 111 Å². The van der Waals surface area contributed by atoms with Gasteiger partial charge < -0.3 is 4.52 Å². The van der Waals surface area contributed by atoms with Gasteiger partial charge in [-0.2, -0.15) is 0 Å². The zero-order valence-corrected chi connectivity index (χ0v) is 11.3. The van der Waals surface area contributed by atoms with Crippen LogP contribution >= 0.6 is 11.6 Å². The molecule has 18 heavy (non-hydrogen) atoms. The van der Waals surface area contributed by atoms with Crippen molar-refractivity contribution in [1.82, 2.24) is 5.16 Å². The Morgan fingerprint density at radius 3 is 2.39 bits per heavy atom. The largest absolute Gasteiger partial charge is 0.360 e. The van der Waals surface area contributed by atoms with E-state index in [-0.39, 0.29) is 0 Å². The average molecular weight is 264 g/mol. The summed E-state index contributed by atoms with van der Waals surface area (Å²) < 4.78 is 5.03. The van der Waals surface area contributed by atoms with Crippen molar-refractivity contribution < 1.29 is 9.32 Å². The van der Waals surface area contributed by atoms with Crippen LogP contribution in [0.2, 0.25) is 0 Å². The molecule has 0 fully saturated rings. The SMILES string of the molecule is Cc1onc(-c2ccc(C(C)C)cc2)c1C(=O)Cl. The molecule has 1 aromatic carbocycles. The summed E-state index contributed by atoms with van der Waals surface area (Å²) in [5.74, 6) is 0.908. The molecule has 94 valence electrons. The van der Waals surface area contributed by atoms with Crippen LogP contribution < -0.4 is 0 Å². The van der Waals surface area contributed by atoms with Gasteiger partial charge in [0.1, 0.15) is 17.0 Å². The number of halogens is 1. The number of carbonyl (C=O) groups is 1. The molecule has 2 aromatic rings. The van der Waals surface area contributed by atoms with Crippen molar-refractivity contribution in [3.8, 4) is 11.3 Å². The summed E-state index contributed by atoms with van der Waals surface area (Å²) in [6, 6.07) is 7.89. The fraction of sp³-hybridized carbons (Fsp3) is 0.286. The molecule has 0 saturated heterocycles. The quantitative estimate of drug-likeness (QED) is 0.781. The highest BCUT2D eigenvalue weighted by atomic mass is 35.5. The van der Waals surface area contributed by atoms with Crippen LogP contribution in [-0.4, -0.2) is 10.4 Å². The van der Waals surface area contributed by atoms with Crippen molar-refractivity contribution in [3.05, 3.63) is 41.2 Å². The van der Waals surface area contributed by atoms with Gasteiger partial charge in [0.2, 0.25) is 0 Å². The first kappa shape index (κ1) is 12.8. The number of carbonyl (C=O) groups excluding carboxylic acids is 1. The molecule has 0 aliphatic heterocycles. The van der Waals surface area contributed by atoms with Crippen molar-refractivity contribution in [2.24, 2.45) is 0 Å². The highest BCUT2D eigenvalue weighted by molar-refractivity contribution is 6.68. The number of nitrogens with zero attached hydrogens (tertiary/aromatic N) is 1. The first-order chi connectivity index (χ1) is 8.50. The fourth-order valence-electron chi connectivity index (χ4n) is 1.83. The molecule has 0 aliphatic carbocycles. The van der Waals surface area contributed by atoms with Crippen molar-refractivity contribution >= 4 is 16.8 Å². The zero-order valence-electron chi connectivity index (χ0n) is 10.5. The minimum atomic E-state index is -0.545. The highest BCUT2D eigenvalue weighted by Crippen LogP contribution is 2.27. The minimum Gasteiger partial charge on any atom is -0.360 e. The molecule has 4 heteroatoms. The number of benzene rings is 1. The molecule has 0 atom stereocenters. The maximum absolute atomic E-state index is 11.4. The van der Waals surface area contributed by atoms with Gasteiger partial charge in [-0.1, -0.05) is 43.3 Å². The first-order valence-corrected chi connectivity index (χ1v) is 6.15. The molecule has 1 heterocycles. The summed E-state index contributed by atoms with van der Waals surface area (Å²) in [7, 11) is 0. The van der Waals surface area contributed by atoms with E-state index >= 15 is 0 Å². The number of hydrogen-bond donors (Lipinski definition) is 0. The molecule has 0 N–H and O–H groups in total. The molecule has 0 aliphatic rings. The third-order valence-corrected chi connectivity index (χ3v) is 3.10. The van der Waals surface area contributed by atoms with E-state index in [1.807, 2.05) is 24.3 Å². The van der Waals surface area contributed by atoms with E-state index < -0.39 is 5.24 Å². The van der Waals surface area contributed by atoms with Gasteiger partial charge >= 0.3 is 0 Å². The van der Waals surface area contributed by atoms with E-state index in [1.54, 1.807) is 6.92 Å². The summed E-state index contributed by atoms with van der Waals surface area (Å²) in [5, 5.41) is 3.36. The molecule has 2 rings (SSSR count). The summed E-state index contributed by atoms with van der Waals surface area (Å²) in [5.41, 5.74) is 2.91. The Bertz CT molecular complexity index is 570. The normalized spacial score (nSPS) is 10.9. The molecule has 1 aromatic heterocycles. The maximum atomic E-state index is 11.4. The maximum Gasteiger partial charge on any atom is 0.258 e. The van der Waals surface area contributed by atoms with Crippen LogP contribution in [0.4, 0.5) is 0 Å². The summed E-state index contributed by atoms with van der Waals surface area (Å²) in [4.78, 5) is 11.4. The number of aryl methyl sites for hydroxylation is 1. The lowest BCUT2D eigenvalue weighted by atomic mass is 9.99. The van der Waals surface area contributed by atoms with E-state index in [1.165, 1.54) is 5.56 Å². The smallest absolute Gasteiger partial charge is 0.258 e. The fourth-order valence-corrected chi connectivity index (χ4v) is 2.05. The number of hydrogen-bond acceptors (Lipinski definition) is 3. The Kier molecular flexibility index (Phi) is 3.53. The minimum absolute atomic E-state index is 0.342. The Morgan fingerprint density at radius 2 is 1.89 bits per heavy atom. The predicted octanol–water partition coefficient (Wildman–Crippen LogP) is 4.15. The van der Waals surface area contributed by atoms with Crippen LogP contribution in [0.25, 0.3) is 11.3 Å². The van der Waals surface area contributed by atoms with Gasteiger partial charge in [-0.25, -0.2) is 0 Å². The monoisotopic (exact) mass is 263 g/mol. The molecule has 0 spiro atoms. The van der Waals surface area contributed by atoms with E-state index in [4.69, 9.17) is 16.1 Å². The van der Waals surface area contributed by atoms with E-state index in [0.29, 0.717) is 22.9 Å². The standard InChI is InChI=1S/C14H14ClNO2/c1-8(2)10-4-6-11(7-5-10)13-12(14(15)17)9(3)18-16-13/h4-8H,1-3H3. The molecule has 0 bridgehead atoms. The Morgan fingerprint density at radius 1 is 1.28 bits per heavy atom. The lowest BCUT2D eigenvalue weighted by Crippen LogP contribution is -1.93. The molecule has 0 radical (unpaired) electrons. The van der Waals surface area contributed by atoms with Crippen LogP contribution in [0.1, 0.15) is 41.4 Å². The summed E-state index contributed by atoms with van der Waals surface area (Å²) in [6.07, 6.45) is 0. The zero-order chi connectivity index (χ0) is 13.3. The van der Waals surface area contributed by atoms with Crippen LogP contribution in [0.3, 0.4) is 0 Å². The van der Waals surface area contributed by atoms with Crippen molar-refractivity contribution in [1.29, 1.82) is 0 Å². The van der Waals surface area contributed by atoms with Gasteiger partial charge in [0.05, 0.1) is 0 Å². The molecule has 3 nitrogen and oxygen atoms in total. The lowest BCUT2D eigenvalue weighted by Gasteiger charge is -2.05. The molecule has 0 unspecified atom stereocenters. The molecule has 0 saturated carbocycles. The third kappa shape index (κ3) is 2.31. The van der Waals surface area contributed by atoms with Crippen molar-refractivity contribution in [2.75, 3.05) is 0 Å². The van der Waals surface area contributed by atoms with Crippen LogP contribution in [0.5, 0.6) is 0 Å². The van der Waals surface area contributed by atoms with Gasteiger partial charge in [0.25, 0.3) is 5.24 Å². The molecular weight excluding hydrogens is 250 g/mol. The summed E-state index contributed by atoms with van der Waals surface area (Å²) in [6.45, 7) is 5.93. The topological polar surface area (TPSA) is 43.1 Å². The second kappa shape index (κ2) is 4.94. The predicted molar refractivity (Wildman–Crippen MR) is 70.9 cm³/mol. The molecule has 0 amide bonds. The average Bonchev–Trinajstić information content (AvgIpc) is 2.71. The second-order valence-electron chi connectivity index (χ2n) is 4.51. The first-order valence-electron chi connectivity index (χ1n) is 5.77. The van der Waals surface area contributed by atoms with Crippen molar-refractivity contribution in [3.63, 3.8) is 0 Å². The van der Waals surface area contributed by atoms with E-state index in [9.17, 15) is 4.79 Å². The molecular formula is C14H14ClNO2. The van der Waals surface area contributed by atoms with Crippen LogP contribution in [-0.2, 0) is 0 Å². The van der Waals surface area contributed by atoms with Gasteiger partial charge in [-0.15, -0.1) is 0 Å². The third-order valence-electron chi connectivity index (χ3n) is 2.91. The number of aromatic nitrogens is 1. The summed E-state index contributed by atoms with van der Waals surface area (Å²) >= 11 is 5.55. The Balaban J connectivity index is 2.46. The second-order valence-corrected chi connectivity index (χ2v) is 4.86. The van der Waals surface area contributed by atoms with Crippen LogP contribution in [0.15, 0.2) is 28.8 Å². The Hall–Kier alpha value is -1.61. The number of rotatable bonds is 3. The van der Waals surface area contributed by atoms with Crippen molar-refractivity contribution in [2.45, 2.75) is 26.7 Å². The van der Waals surface area contributed by atoms with E-state index in [0.717, 1.165) is 5.56 Å². The highest BCUT2D eigenvalue weighted by Gasteiger charge is 2.19. The van der Waals surface area contributed by atoms with E-state index in [2.05, 4.69) is 19.0 Å². The lowest BCUT2D eigenvalue weighted by molar-refractivity contribution is 0.108. The van der Waals surface area contributed by atoms with Gasteiger partial charge in [-0.3, -0.25) is 4.79 Å². The van der Waals surface area contributed by atoms with Gasteiger partial charge in [0, 0.05) is 5.56 Å².